The first-order valence-electron chi connectivity index (χ1n) is 3.55. The van der Waals surface area contributed by atoms with Crippen molar-refractivity contribution in [2.45, 2.75) is 19.4 Å². The molecule has 64 valence electrons. The van der Waals surface area contributed by atoms with Gasteiger partial charge in [-0.15, -0.1) is 6.58 Å². The zero-order valence-electron chi connectivity index (χ0n) is 6.91. The average Bonchev–Trinajstić information content (AvgIpc) is 2.05. The molecule has 1 N–H and O–H groups in total. The minimum absolute atomic E-state index is 0.436. The predicted molar refractivity (Wildman–Crippen MR) is 42.0 cm³/mol. The molecule has 0 fully saturated rings. The van der Waals surface area contributed by atoms with E-state index in [4.69, 9.17) is 0 Å². The van der Waals surface area contributed by atoms with Gasteiger partial charge >= 0.3 is 5.97 Å². The fourth-order valence-electron chi connectivity index (χ4n) is 0.800. The van der Waals surface area contributed by atoms with Gasteiger partial charge in [0.1, 0.15) is 5.92 Å². The Morgan fingerprint density at radius 1 is 1.82 bits per heavy atom. The van der Waals surface area contributed by atoms with Crippen LogP contribution in [0.3, 0.4) is 0 Å². The van der Waals surface area contributed by atoms with Crippen molar-refractivity contribution in [2.75, 3.05) is 7.11 Å². The molecule has 0 rings (SSSR count). The molecule has 0 spiro atoms. The molecule has 0 unspecified atom stereocenters. The topological polar surface area (TPSA) is 46.5 Å². The summed E-state index contributed by atoms with van der Waals surface area (Å²) in [6.45, 7) is 5.23. The molecule has 3 heteroatoms. The van der Waals surface area contributed by atoms with E-state index in [1.165, 1.54) is 13.2 Å². The lowest BCUT2D eigenvalue weighted by Gasteiger charge is -2.14. The summed E-state index contributed by atoms with van der Waals surface area (Å²) in [5.74, 6) is -1.03. The molecule has 0 aromatic heterocycles. The van der Waals surface area contributed by atoms with Gasteiger partial charge in [-0.25, -0.2) is 0 Å². The molecule has 0 aliphatic heterocycles. The van der Waals surface area contributed by atoms with Gasteiger partial charge in [-0.05, 0) is 6.42 Å². The van der Waals surface area contributed by atoms with Crippen LogP contribution < -0.4 is 0 Å². The van der Waals surface area contributed by atoms with Gasteiger partial charge in [-0.1, -0.05) is 13.0 Å². The lowest BCUT2D eigenvalue weighted by molar-refractivity contribution is -0.147. The van der Waals surface area contributed by atoms with Crippen molar-refractivity contribution in [3.05, 3.63) is 12.7 Å². The Bertz CT molecular complexity index is 142. The number of methoxy groups -OCH3 is 1. The van der Waals surface area contributed by atoms with Gasteiger partial charge in [-0.3, -0.25) is 4.79 Å². The molecule has 3 nitrogen and oxygen atoms in total. The normalized spacial score (nSPS) is 15.2. The van der Waals surface area contributed by atoms with Gasteiger partial charge in [0, 0.05) is 0 Å². The van der Waals surface area contributed by atoms with E-state index in [-0.39, 0.29) is 0 Å². The molecule has 2 atom stereocenters. The Labute approximate surface area is 66.7 Å². The second-order valence-corrected chi connectivity index (χ2v) is 2.26. The van der Waals surface area contributed by atoms with Gasteiger partial charge in [-0.2, -0.15) is 0 Å². The fourth-order valence-corrected chi connectivity index (χ4v) is 0.800. The number of esters is 1. The van der Waals surface area contributed by atoms with Crippen LogP contribution >= 0.6 is 0 Å². The number of carbonyl (C=O) groups is 1. The Morgan fingerprint density at radius 3 is 2.64 bits per heavy atom. The second-order valence-electron chi connectivity index (χ2n) is 2.26. The highest BCUT2D eigenvalue weighted by Crippen LogP contribution is 2.09. The van der Waals surface area contributed by atoms with E-state index in [1.54, 1.807) is 6.92 Å². The van der Waals surface area contributed by atoms with Crippen LogP contribution in [0.1, 0.15) is 13.3 Å². The minimum atomic E-state index is -0.681. The van der Waals surface area contributed by atoms with Crippen LogP contribution in [0.15, 0.2) is 12.7 Å². The third-order valence-corrected chi connectivity index (χ3v) is 1.56. The maximum absolute atomic E-state index is 10.9. The summed E-state index contributed by atoms with van der Waals surface area (Å²) in [4.78, 5) is 10.9. The van der Waals surface area contributed by atoms with Crippen LogP contribution in [-0.2, 0) is 9.53 Å². The number of ether oxygens (including phenoxy) is 1. The van der Waals surface area contributed by atoms with E-state index >= 15 is 0 Å². The molecular weight excluding hydrogens is 144 g/mol. The van der Waals surface area contributed by atoms with Crippen molar-refractivity contribution in [1.29, 1.82) is 0 Å². The van der Waals surface area contributed by atoms with Gasteiger partial charge in [0.15, 0.2) is 0 Å². The largest absolute Gasteiger partial charge is 0.468 e. The number of carbonyl (C=O) groups excluding carboxylic acids is 1. The predicted octanol–water partition coefficient (Wildman–Crippen LogP) is 0.732. The van der Waals surface area contributed by atoms with Crippen LogP contribution in [0.2, 0.25) is 0 Å². The van der Waals surface area contributed by atoms with Crippen LogP contribution in [0.25, 0.3) is 0 Å². The number of hydrogen-bond acceptors (Lipinski definition) is 3. The molecule has 0 heterocycles. The molecule has 11 heavy (non-hydrogen) atoms. The summed E-state index contributed by atoms with van der Waals surface area (Å²) in [7, 11) is 1.29. The van der Waals surface area contributed by atoms with Crippen molar-refractivity contribution in [3.8, 4) is 0 Å². The van der Waals surface area contributed by atoms with Crippen molar-refractivity contribution in [2.24, 2.45) is 5.92 Å². The lowest BCUT2D eigenvalue weighted by Crippen LogP contribution is -2.26. The standard InChI is InChI=1S/C8H14O3/c1-4-6(7(9)5-2)8(10)11-3/h4,6-7,9H,1,5H2,2-3H3/t6-,7-/m0/s1. The molecule has 0 aromatic rings. The summed E-state index contributed by atoms with van der Waals surface area (Å²) in [6.07, 6.45) is 1.24. The number of aliphatic hydroxyl groups excluding tert-OH is 1. The number of rotatable bonds is 4. The molecule has 0 radical (unpaired) electrons. The molecule has 0 saturated heterocycles. The van der Waals surface area contributed by atoms with Gasteiger partial charge < -0.3 is 9.84 Å². The summed E-state index contributed by atoms with van der Waals surface area (Å²) in [5, 5.41) is 9.25. The smallest absolute Gasteiger partial charge is 0.315 e. The maximum Gasteiger partial charge on any atom is 0.315 e. The lowest BCUT2D eigenvalue weighted by atomic mass is 10.0. The third kappa shape index (κ3) is 2.72. The van der Waals surface area contributed by atoms with E-state index in [2.05, 4.69) is 11.3 Å². The zero-order chi connectivity index (χ0) is 8.85. The first-order chi connectivity index (χ1) is 5.17. The Kier molecular flexibility index (Phi) is 4.54. The van der Waals surface area contributed by atoms with Gasteiger partial charge in [0.05, 0.1) is 13.2 Å². The highest BCUT2D eigenvalue weighted by molar-refractivity contribution is 5.74. The minimum Gasteiger partial charge on any atom is -0.468 e. The summed E-state index contributed by atoms with van der Waals surface area (Å²) in [6, 6.07) is 0. The van der Waals surface area contributed by atoms with Crippen molar-refractivity contribution < 1.29 is 14.6 Å². The van der Waals surface area contributed by atoms with Crippen LogP contribution in [0.4, 0.5) is 0 Å². The zero-order valence-corrected chi connectivity index (χ0v) is 6.91. The van der Waals surface area contributed by atoms with E-state index in [0.29, 0.717) is 6.42 Å². The average molecular weight is 158 g/mol. The molecule has 0 aliphatic carbocycles. The SMILES string of the molecule is C=C[C@H](C(=O)OC)[C@@H](O)CC. The fraction of sp³-hybridized carbons (Fsp3) is 0.625. The first-order valence-corrected chi connectivity index (χ1v) is 3.55. The maximum atomic E-state index is 10.9. The van der Waals surface area contributed by atoms with Crippen LogP contribution in [0, 0.1) is 5.92 Å². The van der Waals surface area contributed by atoms with Crippen LogP contribution in [0.5, 0.6) is 0 Å². The summed E-state index contributed by atoms with van der Waals surface area (Å²) in [5.41, 5.74) is 0. The highest BCUT2D eigenvalue weighted by Gasteiger charge is 2.22. The molecule has 0 aromatic carbocycles. The molecule has 0 bridgehead atoms. The van der Waals surface area contributed by atoms with Crippen LogP contribution in [-0.4, -0.2) is 24.3 Å². The summed E-state index contributed by atoms with van der Waals surface area (Å²) >= 11 is 0. The Hall–Kier alpha value is -0.830. The van der Waals surface area contributed by atoms with Gasteiger partial charge in [0.2, 0.25) is 0 Å². The molecule has 0 saturated carbocycles. The van der Waals surface area contributed by atoms with E-state index in [1.807, 2.05) is 0 Å². The van der Waals surface area contributed by atoms with Crippen molar-refractivity contribution in [1.82, 2.24) is 0 Å². The van der Waals surface area contributed by atoms with E-state index < -0.39 is 18.0 Å². The molecule has 0 aliphatic rings. The second kappa shape index (κ2) is 4.91. The van der Waals surface area contributed by atoms with Crippen molar-refractivity contribution in [3.63, 3.8) is 0 Å². The quantitative estimate of drug-likeness (QED) is 0.484. The first kappa shape index (κ1) is 10.2. The Balaban J connectivity index is 4.15. The Morgan fingerprint density at radius 2 is 2.36 bits per heavy atom. The number of aliphatic hydroxyl groups is 1. The summed E-state index contributed by atoms with van der Waals surface area (Å²) < 4.78 is 4.46. The number of hydrogen-bond donors (Lipinski definition) is 1. The van der Waals surface area contributed by atoms with Crippen molar-refractivity contribution >= 4 is 5.97 Å². The third-order valence-electron chi connectivity index (χ3n) is 1.56. The molecule has 0 amide bonds. The van der Waals surface area contributed by atoms with E-state index in [0.717, 1.165) is 0 Å². The van der Waals surface area contributed by atoms with Gasteiger partial charge in [0.25, 0.3) is 0 Å². The van der Waals surface area contributed by atoms with E-state index in [9.17, 15) is 9.90 Å². The monoisotopic (exact) mass is 158 g/mol. The highest BCUT2D eigenvalue weighted by atomic mass is 16.5. The molecular formula is C8H14O3.